The molecule has 5 rings (SSSR count). The van der Waals surface area contributed by atoms with Crippen molar-refractivity contribution in [2.75, 3.05) is 36.5 Å². The average molecular weight is 429 g/mol. The maximum atomic E-state index is 12.8. The molecule has 1 N–H and O–H groups in total. The van der Waals surface area contributed by atoms with Crippen LogP contribution in [0.5, 0.6) is 0 Å². The summed E-state index contributed by atoms with van der Waals surface area (Å²) in [6, 6.07) is 18.5. The average Bonchev–Trinajstić information content (AvgIpc) is 2.85. The topological polar surface area (TPSA) is 80.8 Å². The molecule has 32 heavy (non-hydrogen) atoms. The SMILES string of the molecule is O=C(Nc1ccc(N2CCOCC2)nc1)c1ccc2c(c1)CC(c1ccccc1)OC2=O. The van der Waals surface area contributed by atoms with Gasteiger partial charge in [0.25, 0.3) is 5.91 Å². The van der Waals surface area contributed by atoms with Gasteiger partial charge in [0.15, 0.2) is 0 Å². The number of morpholine rings is 1. The second-order valence-electron chi connectivity index (χ2n) is 7.84. The van der Waals surface area contributed by atoms with Crippen LogP contribution in [-0.2, 0) is 15.9 Å². The first kappa shape index (κ1) is 20.2. The third-order valence-electron chi connectivity index (χ3n) is 5.75. The summed E-state index contributed by atoms with van der Waals surface area (Å²) >= 11 is 0. The van der Waals surface area contributed by atoms with Crippen LogP contribution in [0.1, 0.15) is 37.9 Å². The van der Waals surface area contributed by atoms with Gasteiger partial charge in [-0.3, -0.25) is 4.79 Å². The third kappa shape index (κ3) is 4.20. The number of hydrogen-bond acceptors (Lipinski definition) is 6. The van der Waals surface area contributed by atoms with Crippen LogP contribution in [0, 0.1) is 0 Å². The number of benzene rings is 2. The number of carbonyl (C=O) groups is 2. The van der Waals surface area contributed by atoms with Crippen LogP contribution in [0.25, 0.3) is 0 Å². The number of carbonyl (C=O) groups excluding carboxylic acids is 2. The van der Waals surface area contributed by atoms with E-state index >= 15 is 0 Å². The number of cyclic esters (lactones) is 1. The molecular weight excluding hydrogens is 406 g/mol. The molecule has 1 fully saturated rings. The van der Waals surface area contributed by atoms with Gasteiger partial charge >= 0.3 is 5.97 Å². The quantitative estimate of drug-likeness (QED) is 0.638. The number of anilines is 2. The lowest BCUT2D eigenvalue weighted by atomic mass is 9.93. The number of hydrogen-bond donors (Lipinski definition) is 1. The molecule has 7 heteroatoms. The first-order chi connectivity index (χ1) is 15.7. The molecule has 162 valence electrons. The molecule has 2 aliphatic heterocycles. The van der Waals surface area contributed by atoms with Crippen LogP contribution in [0.4, 0.5) is 11.5 Å². The number of fused-ring (bicyclic) bond motifs is 1. The molecule has 0 aliphatic carbocycles. The van der Waals surface area contributed by atoms with Crippen LogP contribution in [0.3, 0.4) is 0 Å². The summed E-state index contributed by atoms with van der Waals surface area (Å²) in [4.78, 5) is 31.9. The zero-order valence-electron chi connectivity index (χ0n) is 17.5. The van der Waals surface area contributed by atoms with Crippen LogP contribution in [0.15, 0.2) is 66.9 Å². The number of amides is 1. The van der Waals surface area contributed by atoms with Crippen LogP contribution >= 0.6 is 0 Å². The fourth-order valence-corrected chi connectivity index (χ4v) is 4.03. The fourth-order valence-electron chi connectivity index (χ4n) is 4.03. The zero-order valence-corrected chi connectivity index (χ0v) is 17.5. The summed E-state index contributed by atoms with van der Waals surface area (Å²) in [5.41, 5.74) is 3.36. The van der Waals surface area contributed by atoms with Gasteiger partial charge in [-0.2, -0.15) is 0 Å². The van der Waals surface area contributed by atoms with Crippen molar-refractivity contribution in [1.82, 2.24) is 4.98 Å². The molecule has 2 aromatic carbocycles. The smallest absolute Gasteiger partial charge is 0.339 e. The lowest BCUT2D eigenvalue weighted by molar-refractivity contribution is 0.0252. The van der Waals surface area contributed by atoms with E-state index in [2.05, 4.69) is 15.2 Å². The fraction of sp³-hybridized carbons (Fsp3) is 0.240. The van der Waals surface area contributed by atoms with Gasteiger partial charge < -0.3 is 19.7 Å². The minimum absolute atomic E-state index is 0.246. The lowest BCUT2D eigenvalue weighted by Crippen LogP contribution is -2.36. The van der Waals surface area contributed by atoms with E-state index in [1.54, 1.807) is 24.4 Å². The van der Waals surface area contributed by atoms with Crippen LogP contribution in [-0.4, -0.2) is 43.2 Å². The van der Waals surface area contributed by atoms with E-state index < -0.39 is 0 Å². The van der Waals surface area contributed by atoms with Crippen molar-refractivity contribution in [1.29, 1.82) is 0 Å². The molecule has 7 nitrogen and oxygen atoms in total. The number of esters is 1. The molecule has 0 radical (unpaired) electrons. The summed E-state index contributed by atoms with van der Waals surface area (Å²) in [6.07, 6.45) is 1.83. The Morgan fingerprint density at radius 3 is 2.59 bits per heavy atom. The molecule has 0 saturated carbocycles. The second-order valence-corrected chi connectivity index (χ2v) is 7.84. The van der Waals surface area contributed by atoms with Gasteiger partial charge in [-0.05, 0) is 41.5 Å². The monoisotopic (exact) mass is 429 g/mol. The minimum atomic E-state index is -0.366. The maximum absolute atomic E-state index is 12.8. The Hall–Kier alpha value is -3.71. The Balaban J connectivity index is 1.30. The number of pyridine rings is 1. The Kier molecular flexibility index (Phi) is 5.56. The van der Waals surface area contributed by atoms with Gasteiger partial charge in [-0.25, -0.2) is 9.78 Å². The van der Waals surface area contributed by atoms with E-state index in [0.29, 0.717) is 36.4 Å². The third-order valence-corrected chi connectivity index (χ3v) is 5.75. The van der Waals surface area contributed by atoms with Crippen LogP contribution < -0.4 is 10.2 Å². The predicted molar refractivity (Wildman–Crippen MR) is 120 cm³/mol. The van der Waals surface area contributed by atoms with Gasteiger partial charge in [0.05, 0.1) is 30.7 Å². The Bertz CT molecular complexity index is 1130. The Morgan fingerprint density at radius 2 is 1.84 bits per heavy atom. The number of nitrogens with one attached hydrogen (secondary N) is 1. The van der Waals surface area contributed by atoms with Crippen molar-refractivity contribution in [2.45, 2.75) is 12.5 Å². The first-order valence-electron chi connectivity index (χ1n) is 10.7. The molecule has 1 atom stereocenters. The van der Waals surface area contributed by atoms with E-state index in [1.807, 2.05) is 42.5 Å². The van der Waals surface area contributed by atoms with Crippen molar-refractivity contribution in [3.63, 3.8) is 0 Å². The molecule has 1 saturated heterocycles. The highest BCUT2D eigenvalue weighted by Gasteiger charge is 2.28. The summed E-state index contributed by atoms with van der Waals surface area (Å²) in [5, 5.41) is 2.89. The van der Waals surface area contributed by atoms with Gasteiger partial charge in [0.1, 0.15) is 11.9 Å². The zero-order chi connectivity index (χ0) is 21.9. The summed E-state index contributed by atoms with van der Waals surface area (Å²) in [6.45, 7) is 2.99. The van der Waals surface area contributed by atoms with Gasteiger partial charge in [0, 0.05) is 25.1 Å². The highest BCUT2D eigenvalue weighted by Crippen LogP contribution is 2.31. The molecule has 1 amide bonds. The van der Waals surface area contributed by atoms with E-state index in [4.69, 9.17) is 9.47 Å². The highest BCUT2D eigenvalue weighted by molar-refractivity contribution is 6.05. The molecule has 0 bridgehead atoms. The van der Waals surface area contributed by atoms with E-state index in [0.717, 1.165) is 30.0 Å². The summed E-state index contributed by atoms with van der Waals surface area (Å²) in [7, 11) is 0. The number of rotatable bonds is 4. The van der Waals surface area contributed by atoms with E-state index in [9.17, 15) is 9.59 Å². The molecule has 1 unspecified atom stereocenters. The van der Waals surface area contributed by atoms with Gasteiger partial charge in [-0.1, -0.05) is 30.3 Å². The van der Waals surface area contributed by atoms with Crippen molar-refractivity contribution in [3.05, 3.63) is 89.1 Å². The normalized spacial score (nSPS) is 17.9. The molecule has 0 spiro atoms. The summed E-state index contributed by atoms with van der Waals surface area (Å²) < 4.78 is 11.0. The maximum Gasteiger partial charge on any atom is 0.339 e. The number of aromatic nitrogens is 1. The molecule has 3 aromatic rings. The first-order valence-corrected chi connectivity index (χ1v) is 10.7. The Morgan fingerprint density at radius 1 is 1.03 bits per heavy atom. The number of ether oxygens (including phenoxy) is 2. The van der Waals surface area contributed by atoms with E-state index in [1.165, 1.54) is 0 Å². The van der Waals surface area contributed by atoms with Crippen molar-refractivity contribution in [3.8, 4) is 0 Å². The highest BCUT2D eigenvalue weighted by atomic mass is 16.5. The van der Waals surface area contributed by atoms with Crippen molar-refractivity contribution < 1.29 is 19.1 Å². The largest absolute Gasteiger partial charge is 0.454 e. The molecular formula is C25H23N3O4. The van der Waals surface area contributed by atoms with Gasteiger partial charge in [0.2, 0.25) is 0 Å². The predicted octanol–water partition coefficient (Wildman–Crippen LogP) is 3.62. The molecule has 2 aliphatic rings. The van der Waals surface area contributed by atoms with Crippen LogP contribution in [0.2, 0.25) is 0 Å². The number of nitrogens with zero attached hydrogens (tertiary/aromatic N) is 2. The minimum Gasteiger partial charge on any atom is -0.454 e. The Labute approximate surface area is 186 Å². The van der Waals surface area contributed by atoms with E-state index in [-0.39, 0.29) is 18.0 Å². The lowest BCUT2D eigenvalue weighted by Gasteiger charge is -2.27. The van der Waals surface area contributed by atoms with Gasteiger partial charge in [-0.15, -0.1) is 0 Å². The molecule has 1 aromatic heterocycles. The second kappa shape index (κ2) is 8.80. The summed E-state index contributed by atoms with van der Waals surface area (Å²) in [5.74, 6) is 0.254. The van der Waals surface area contributed by atoms with Crippen molar-refractivity contribution in [2.24, 2.45) is 0 Å². The van der Waals surface area contributed by atoms with Crippen molar-refractivity contribution >= 4 is 23.4 Å². The standard InChI is InChI=1S/C25H23N3O4/c29-24(27-20-7-9-23(26-16-20)28-10-12-31-13-11-28)18-6-8-21-19(14-18)15-22(32-25(21)30)17-4-2-1-3-5-17/h1-9,14,16,22H,10-13,15H2,(H,27,29). The molecule has 3 heterocycles.